The lowest BCUT2D eigenvalue weighted by Crippen LogP contribution is -2.44. The van der Waals surface area contributed by atoms with Gasteiger partial charge in [-0.25, -0.2) is 0 Å². The van der Waals surface area contributed by atoms with Crippen molar-refractivity contribution >= 4 is 65.4 Å². The summed E-state index contributed by atoms with van der Waals surface area (Å²) in [4.78, 5) is 55.9. The smallest absolute Gasteiger partial charge is 0.266 e. The molecule has 0 fully saturated rings. The summed E-state index contributed by atoms with van der Waals surface area (Å²) in [5.41, 5.74) is -14.7. The number of imide groups is 2. The SMILES string of the molecule is CCCCCCC#Cc1cc2c3c(c(-c4cc5c6c(cccc6c4C#CCCCCCCCCCC)C(=O)N(OS(=O)(=O)C(F)(F)F)C5=O)ccc3c1)C(=O)N(OS(=O)(=O)C(F)(F)F)C2=O. The highest BCUT2D eigenvalue weighted by molar-refractivity contribution is 7.87. The molecule has 0 bridgehead atoms. The molecule has 0 N–H and O–H groups in total. The molecule has 6 rings (SSSR count). The number of unbranched alkanes of at least 4 members (excludes halogenated alkanes) is 12. The molecule has 4 aromatic carbocycles. The van der Waals surface area contributed by atoms with E-state index < -0.39 is 87.3 Å². The molecular weight excluding hydrogens is 919 g/mol. The van der Waals surface area contributed by atoms with E-state index in [1.165, 1.54) is 30.3 Å². The van der Waals surface area contributed by atoms with Gasteiger partial charge in [0.2, 0.25) is 0 Å². The molecule has 12 nitrogen and oxygen atoms in total. The van der Waals surface area contributed by atoms with Gasteiger partial charge in [-0.2, -0.15) is 43.2 Å². The van der Waals surface area contributed by atoms with Crippen LogP contribution < -0.4 is 0 Å². The molecule has 20 heteroatoms. The van der Waals surface area contributed by atoms with Crippen LogP contribution in [0.25, 0.3) is 32.7 Å². The van der Waals surface area contributed by atoms with E-state index in [2.05, 4.69) is 39.2 Å². The minimum absolute atomic E-state index is 0.00385. The summed E-state index contributed by atoms with van der Waals surface area (Å²) < 4.78 is 139. The molecule has 0 aliphatic carbocycles. The molecule has 2 heterocycles. The van der Waals surface area contributed by atoms with E-state index in [0.717, 1.165) is 88.8 Å². The average molecular weight is 961 g/mol. The fraction of sp³-hybridized carbons (Fsp3) is 0.391. The van der Waals surface area contributed by atoms with Crippen molar-refractivity contribution in [3.63, 3.8) is 0 Å². The number of hydroxylamine groups is 4. The number of nitrogens with zero attached hydrogens (tertiary/aromatic N) is 2. The number of amides is 4. The lowest BCUT2D eigenvalue weighted by molar-refractivity contribution is -0.0768. The molecule has 4 aromatic rings. The van der Waals surface area contributed by atoms with Crippen LogP contribution in [0, 0.1) is 23.7 Å². The van der Waals surface area contributed by atoms with Gasteiger partial charge in [-0.15, -0.1) is 18.7 Å². The van der Waals surface area contributed by atoms with Crippen LogP contribution in [0.3, 0.4) is 0 Å². The van der Waals surface area contributed by atoms with Crippen molar-refractivity contribution in [1.82, 2.24) is 10.1 Å². The Morgan fingerprint density at radius 3 is 1.61 bits per heavy atom. The second-order valence-corrected chi connectivity index (χ2v) is 18.6. The van der Waals surface area contributed by atoms with E-state index >= 15 is 0 Å². The molecule has 4 amide bonds. The Kier molecular flexibility index (Phi) is 15.0. The van der Waals surface area contributed by atoms with Crippen molar-refractivity contribution in [2.75, 3.05) is 0 Å². The third kappa shape index (κ3) is 10.1. The summed E-state index contributed by atoms with van der Waals surface area (Å²) in [5.74, 6) is 5.33. The standard InChI is InChI=1S/C46H42F6N2O10S2/c1-3-5-7-9-11-12-13-14-16-18-21-31-32-22-19-23-34-39(32)37(43(57)53(41(34)55)63-65(59,60)45(47,48)49)28-35(31)33-25-24-30-26-29(20-17-15-10-8-6-4-2)27-36-38(30)40(33)44(58)54(42(36)56)64-66(61,62)46(50,51)52/h19,22-28H,3-16H2,1-2H3. The quantitative estimate of drug-likeness (QED) is 0.0327. The maximum Gasteiger partial charge on any atom is 0.525 e. The van der Waals surface area contributed by atoms with Crippen LogP contribution in [-0.4, -0.2) is 61.6 Å². The highest BCUT2D eigenvalue weighted by atomic mass is 32.2. The molecule has 2 aliphatic rings. The fourth-order valence-corrected chi connectivity index (χ4v) is 8.50. The van der Waals surface area contributed by atoms with Gasteiger partial charge < -0.3 is 0 Å². The van der Waals surface area contributed by atoms with Crippen LogP contribution in [0.1, 0.15) is 156 Å². The first kappa shape index (κ1) is 49.6. The zero-order valence-corrected chi connectivity index (χ0v) is 37.2. The second kappa shape index (κ2) is 20.0. The molecule has 2 aliphatic heterocycles. The minimum atomic E-state index is -6.66. The van der Waals surface area contributed by atoms with E-state index in [1.54, 1.807) is 0 Å². The van der Waals surface area contributed by atoms with Crippen LogP contribution in [0.4, 0.5) is 26.3 Å². The van der Waals surface area contributed by atoms with Crippen LogP contribution in [0.5, 0.6) is 0 Å². The Bertz CT molecular complexity index is 2980. The predicted octanol–water partition coefficient (Wildman–Crippen LogP) is 10.6. The summed E-state index contributed by atoms with van der Waals surface area (Å²) in [5, 5.41) is -1.38. The van der Waals surface area contributed by atoms with Gasteiger partial charge in [0.15, 0.2) is 0 Å². The van der Waals surface area contributed by atoms with E-state index in [-0.39, 0.29) is 43.8 Å². The van der Waals surface area contributed by atoms with E-state index in [1.807, 2.05) is 6.92 Å². The number of benzene rings is 4. The first-order chi connectivity index (χ1) is 31.1. The molecule has 0 atom stereocenters. The monoisotopic (exact) mass is 960 g/mol. The van der Waals surface area contributed by atoms with Crippen molar-refractivity contribution in [1.29, 1.82) is 0 Å². The van der Waals surface area contributed by atoms with E-state index in [9.17, 15) is 62.4 Å². The molecule has 0 saturated carbocycles. The van der Waals surface area contributed by atoms with E-state index in [4.69, 9.17) is 0 Å². The molecule has 0 aromatic heterocycles. The third-order valence-electron chi connectivity index (χ3n) is 10.9. The van der Waals surface area contributed by atoms with Crippen molar-refractivity contribution in [2.24, 2.45) is 0 Å². The number of halogens is 6. The first-order valence-corrected chi connectivity index (χ1v) is 23.9. The summed E-state index contributed by atoms with van der Waals surface area (Å²) >= 11 is 0. The van der Waals surface area contributed by atoms with Crippen LogP contribution in [-0.2, 0) is 28.8 Å². The largest absolute Gasteiger partial charge is 0.525 e. The van der Waals surface area contributed by atoms with Gasteiger partial charge in [0.1, 0.15) is 0 Å². The van der Waals surface area contributed by atoms with Gasteiger partial charge in [-0.3, -0.25) is 19.2 Å². The minimum Gasteiger partial charge on any atom is -0.266 e. The third-order valence-corrected chi connectivity index (χ3v) is 12.7. The molecular formula is C46H42F6N2O10S2. The number of hydrogen-bond donors (Lipinski definition) is 0. The second-order valence-electron chi connectivity index (χ2n) is 15.6. The maximum atomic E-state index is 14.4. The lowest BCUT2D eigenvalue weighted by atomic mass is 9.82. The van der Waals surface area contributed by atoms with Crippen molar-refractivity contribution in [2.45, 2.75) is 115 Å². The highest BCUT2D eigenvalue weighted by Gasteiger charge is 2.53. The fourth-order valence-electron chi connectivity index (χ4n) is 7.67. The lowest BCUT2D eigenvalue weighted by Gasteiger charge is -2.29. The summed E-state index contributed by atoms with van der Waals surface area (Å²) in [7, 11) is -13.3. The van der Waals surface area contributed by atoms with Gasteiger partial charge in [0.25, 0.3) is 23.6 Å². The van der Waals surface area contributed by atoms with Crippen LogP contribution in [0.15, 0.2) is 48.5 Å². The Hall–Kier alpha value is -5.80. The van der Waals surface area contributed by atoms with Gasteiger partial charge >= 0.3 is 31.3 Å². The Morgan fingerprint density at radius 1 is 0.530 bits per heavy atom. The summed E-state index contributed by atoms with van der Waals surface area (Å²) in [6.07, 6.45) is 12.2. The Morgan fingerprint density at radius 2 is 1.03 bits per heavy atom. The molecule has 66 heavy (non-hydrogen) atoms. The van der Waals surface area contributed by atoms with Gasteiger partial charge in [0.05, 0.1) is 22.3 Å². The number of alkyl halides is 6. The molecule has 0 saturated heterocycles. The summed E-state index contributed by atoms with van der Waals surface area (Å²) in [6.45, 7) is 4.14. The van der Waals surface area contributed by atoms with Gasteiger partial charge in [-0.1, -0.05) is 126 Å². The number of carbonyl (C=O) groups is 4. The molecule has 0 spiro atoms. The van der Waals surface area contributed by atoms with Crippen LogP contribution in [0.2, 0.25) is 0 Å². The number of carbonyl (C=O) groups excluding carboxylic acids is 4. The maximum absolute atomic E-state index is 14.4. The molecule has 350 valence electrons. The Balaban J connectivity index is 1.58. The topological polar surface area (TPSA) is 161 Å². The van der Waals surface area contributed by atoms with E-state index in [0.29, 0.717) is 19.3 Å². The van der Waals surface area contributed by atoms with Gasteiger partial charge in [-0.05, 0) is 59.0 Å². The van der Waals surface area contributed by atoms with Crippen molar-refractivity contribution in [3.8, 4) is 34.8 Å². The average Bonchev–Trinajstić information content (AvgIpc) is 3.25. The first-order valence-electron chi connectivity index (χ1n) is 21.1. The van der Waals surface area contributed by atoms with Crippen LogP contribution >= 0.6 is 0 Å². The Labute approximate surface area is 376 Å². The molecule has 0 radical (unpaired) electrons. The number of rotatable bonds is 17. The zero-order valence-electron chi connectivity index (χ0n) is 35.6. The molecule has 0 unspecified atom stereocenters. The van der Waals surface area contributed by atoms with Crippen molar-refractivity contribution < 1.29 is 70.9 Å². The highest BCUT2D eigenvalue weighted by Crippen LogP contribution is 2.44. The van der Waals surface area contributed by atoms with Gasteiger partial charge in [0, 0.05) is 34.7 Å². The number of hydrogen-bond acceptors (Lipinski definition) is 10. The predicted molar refractivity (Wildman–Crippen MR) is 230 cm³/mol. The normalized spacial score (nSPS) is 14.2. The van der Waals surface area contributed by atoms with Crippen molar-refractivity contribution in [3.05, 3.63) is 81.9 Å². The zero-order chi connectivity index (χ0) is 48.2. The summed E-state index contributed by atoms with van der Waals surface area (Å²) in [6, 6.07) is 10.0.